The molecule has 2 rings (SSSR count). The lowest BCUT2D eigenvalue weighted by atomic mass is 9.88. The number of piperidine rings is 1. The van der Waals surface area contributed by atoms with Gasteiger partial charge < -0.3 is 14.7 Å². The molecule has 1 saturated heterocycles. The molecule has 0 radical (unpaired) electrons. The van der Waals surface area contributed by atoms with E-state index in [4.69, 9.17) is 4.74 Å². The number of rotatable bonds is 1. The SMILES string of the molecule is CC(C)(C)OC(=O)N1CCC(O)(c2ccc(Br)cn2)CC1. The molecule has 1 amide bonds. The summed E-state index contributed by atoms with van der Waals surface area (Å²) in [6.07, 6.45) is 2.27. The normalized spacial score (nSPS) is 18.4. The van der Waals surface area contributed by atoms with Crippen LogP contribution < -0.4 is 0 Å². The Morgan fingerprint density at radius 1 is 1.38 bits per heavy atom. The molecule has 1 aromatic rings. The van der Waals surface area contributed by atoms with E-state index in [1.54, 1.807) is 11.1 Å². The molecule has 1 aromatic heterocycles. The molecule has 1 aliphatic rings. The van der Waals surface area contributed by atoms with Gasteiger partial charge in [-0.05, 0) is 61.7 Å². The summed E-state index contributed by atoms with van der Waals surface area (Å²) >= 11 is 3.33. The average Bonchev–Trinajstić information content (AvgIpc) is 2.38. The maximum Gasteiger partial charge on any atom is 0.410 e. The molecular formula is C15H21BrN2O3. The van der Waals surface area contributed by atoms with Crippen LogP contribution in [0.25, 0.3) is 0 Å². The summed E-state index contributed by atoms with van der Waals surface area (Å²) in [5, 5.41) is 10.7. The predicted molar refractivity (Wildman–Crippen MR) is 82.9 cm³/mol. The number of hydrogen-bond acceptors (Lipinski definition) is 4. The monoisotopic (exact) mass is 356 g/mol. The lowest BCUT2D eigenvalue weighted by Gasteiger charge is -2.38. The second kappa shape index (κ2) is 5.93. The number of nitrogens with zero attached hydrogens (tertiary/aromatic N) is 2. The van der Waals surface area contributed by atoms with Gasteiger partial charge in [-0.15, -0.1) is 0 Å². The first-order valence-corrected chi connectivity index (χ1v) is 7.81. The van der Waals surface area contributed by atoms with Gasteiger partial charge in [0, 0.05) is 23.8 Å². The highest BCUT2D eigenvalue weighted by atomic mass is 79.9. The maximum absolute atomic E-state index is 12.0. The van der Waals surface area contributed by atoms with E-state index in [1.807, 2.05) is 32.9 Å². The van der Waals surface area contributed by atoms with Gasteiger partial charge >= 0.3 is 6.09 Å². The summed E-state index contributed by atoms with van der Waals surface area (Å²) in [5.41, 5.74) is -0.827. The second-order valence-electron chi connectivity index (χ2n) is 6.36. The first-order chi connectivity index (χ1) is 9.70. The molecule has 0 aromatic carbocycles. The van der Waals surface area contributed by atoms with Crippen molar-refractivity contribution in [3.63, 3.8) is 0 Å². The van der Waals surface area contributed by atoms with E-state index < -0.39 is 11.2 Å². The van der Waals surface area contributed by atoms with Crippen molar-refractivity contribution < 1.29 is 14.6 Å². The number of hydrogen-bond donors (Lipinski definition) is 1. The number of carbonyl (C=O) groups is 1. The lowest BCUT2D eigenvalue weighted by Crippen LogP contribution is -2.47. The minimum atomic E-state index is -0.973. The standard InChI is InChI=1S/C15H21BrN2O3/c1-14(2,3)21-13(19)18-8-6-15(20,7-9-18)12-5-4-11(16)10-17-12/h4-5,10,20H,6-9H2,1-3H3. The third kappa shape index (κ3) is 4.17. The van der Waals surface area contributed by atoms with E-state index in [2.05, 4.69) is 20.9 Å². The summed E-state index contributed by atoms with van der Waals surface area (Å²) in [6.45, 7) is 6.46. The van der Waals surface area contributed by atoms with Gasteiger partial charge in [-0.2, -0.15) is 0 Å². The van der Waals surface area contributed by atoms with Crippen LogP contribution in [0.3, 0.4) is 0 Å². The first-order valence-electron chi connectivity index (χ1n) is 7.02. The summed E-state index contributed by atoms with van der Waals surface area (Å²) in [6, 6.07) is 3.67. The highest BCUT2D eigenvalue weighted by molar-refractivity contribution is 9.10. The van der Waals surface area contributed by atoms with Gasteiger partial charge in [0.2, 0.25) is 0 Å². The second-order valence-corrected chi connectivity index (χ2v) is 7.28. The number of ether oxygens (including phenoxy) is 1. The van der Waals surface area contributed by atoms with Gasteiger partial charge in [-0.3, -0.25) is 4.98 Å². The Kier molecular flexibility index (Phi) is 4.58. The van der Waals surface area contributed by atoms with Gasteiger partial charge in [-0.25, -0.2) is 4.79 Å². The fourth-order valence-electron chi connectivity index (χ4n) is 2.29. The Balaban J connectivity index is 1.99. The Morgan fingerprint density at radius 2 is 2.00 bits per heavy atom. The number of pyridine rings is 1. The van der Waals surface area contributed by atoms with E-state index >= 15 is 0 Å². The molecule has 21 heavy (non-hydrogen) atoms. The Hall–Kier alpha value is -1.14. The zero-order valence-electron chi connectivity index (χ0n) is 12.6. The molecule has 0 spiro atoms. The molecule has 1 aliphatic heterocycles. The minimum Gasteiger partial charge on any atom is -0.444 e. The zero-order chi connectivity index (χ0) is 15.7. The highest BCUT2D eigenvalue weighted by Crippen LogP contribution is 2.32. The van der Waals surface area contributed by atoms with Crippen LogP contribution in [0, 0.1) is 0 Å². The topological polar surface area (TPSA) is 62.7 Å². The van der Waals surface area contributed by atoms with Crippen molar-refractivity contribution in [1.82, 2.24) is 9.88 Å². The van der Waals surface area contributed by atoms with Crippen LogP contribution in [0.2, 0.25) is 0 Å². The molecule has 0 bridgehead atoms. The van der Waals surface area contributed by atoms with Gasteiger partial charge in [-0.1, -0.05) is 0 Å². The molecule has 0 unspecified atom stereocenters. The predicted octanol–water partition coefficient (Wildman–Crippen LogP) is 3.06. The highest BCUT2D eigenvalue weighted by Gasteiger charge is 2.37. The number of aromatic nitrogens is 1. The number of halogens is 1. The van der Waals surface area contributed by atoms with E-state index in [9.17, 15) is 9.90 Å². The van der Waals surface area contributed by atoms with Crippen molar-refractivity contribution in [3.05, 3.63) is 28.5 Å². The van der Waals surface area contributed by atoms with Crippen molar-refractivity contribution >= 4 is 22.0 Å². The first kappa shape index (κ1) is 16.2. The molecule has 1 N–H and O–H groups in total. The van der Waals surface area contributed by atoms with Crippen LogP contribution in [0.15, 0.2) is 22.8 Å². The third-order valence-electron chi connectivity index (χ3n) is 3.45. The third-order valence-corrected chi connectivity index (χ3v) is 3.92. The number of aliphatic hydroxyl groups is 1. The number of carbonyl (C=O) groups excluding carboxylic acids is 1. The average molecular weight is 357 g/mol. The fourth-order valence-corrected chi connectivity index (χ4v) is 2.53. The van der Waals surface area contributed by atoms with Gasteiger partial charge in [0.1, 0.15) is 11.2 Å². The van der Waals surface area contributed by atoms with E-state index in [0.29, 0.717) is 31.6 Å². The molecule has 116 valence electrons. The molecule has 5 nitrogen and oxygen atoms in total. The van der Waals surface area contributed by atoms with Crippen LogP contribution in [-0.4, -0.2) is 39.8 Å². The largest absolute Gasteiger partial charge is 0.444 e. The van der Waals surface area contributed by atoms with Crippen LogP contribution in [0.4, 0.5) is 4.79 Å². The molecule has 0 saturated carbocycles. The van der Waals surface area contributed by atoms with Crippen LogP contribution in [-0.2, 0) is 10.3 Å². The van der Waals surface area contributed by atoms with Gasteiger partial charge in [0.05, 0.1) is 5.69 Å². The van der Waals surface area contributed by atoms with Crippen LogP contribution in [0.5, 0.6) is 0 Å². The van der Waals surface area contributed by atoms with Crippen molar-refractivity contribution in [2.24, 2.45) is 0 Å². The Morgan fingerprint density at radius 3 is 2.48 bits per heavy atom. The lowest BCUT2D eigenvalue weighted by molar-refractivity contribution is -0.0381. The number of amides is 1. The van der Waals surface area contributed by atoms with Gasteiger partial charge in [0.15, 0.2) is 0 Å². The van der Waals surface area contributed by atoms with Crippen molar-refractivity contribution in [1.29, 1.82) is 0 Å². The Labute approximate surface area is 133 Å². The van der Waals surface area contributed by atoms with E-state index in [-0.39, 0.29) is 6.09 Å². The quantitative estimate of drug-likeness (QED) is 0.839. The molecule has 2 heterocycles. The Bertz CT molecular complexity index is 503. The van der Waals surface area contributed by atoms with E-state index in [1.165, 1.54) is 0 Å². The fraction of sp³-hybridized carbons (Fsp3) is 0.600. The summed E-state index contributed by atoms with van der Waals surface area (Å²) in [7, 11) is 0. The molecular weight excluding hydrogens is 336 g/mol. The summed E-state index contributed by atoms with van der Waals surface area (Å²) in [5.74, 6) is 0. The van der Waals surface area contributed by atoms with E-state index in [0.717, 1.165) is 4.47 Å². The molecule has 0 aliphatic carbocycles. The van der Waals surface area contributed by atoms with Crippen molar-refractivity contribution in [2.75, 3.05) is 13.1 Å². The van der Waals surface area contributed by atoms with Crippen molar-refractivity contribution in [3.8, 4) is 0 Å². The molecule has 0 atom stereocenters. The minimum absolute atomic E-state index is 0.326. The molecule has 1 fully saturated rings. The van der Waals surface area contributed by atoms with Crippen molar-refractivity contribution in [2.45, 2.75) is 44.8 Å². The van der Waals surface area contributed by atoms with Crippen LogP contribution in [0.1, 0.15) is 39.3 Å². The maximum atomic E-state index is 12.0. The zero-order valence-corrected chi connectivity index (χ0v) is 14.2. The van der Waals surface area contributed by atoms with Crippen LogP contribution >= 0.6 is 15.9 Å². The number of likely N-dealkylation sites (tertiary alicyclic amines) is 1. The smallest absolute Gasteiger partial charge is 0.410 e. The van der Waals surface area contributed by atoms with Gasteiger partial charge in [0.25, 0.3) is 0 Å². The summed E-state index contributed by atoms with van der Waals surface area (Å²) in [4.78, 5) is 17.9. The molecule has 6 heteroatoms. The summed E-state index contributed by atoms with van der Waals surface area (Å²) < 4.78 is 6.23.